The van der Waals surface area contributed by atoms with Crippen molar-refractivity contribution < 1.29 is 0 Å². The van der Waals surface area contributed by atoms with E-state index in [2.05, 4.69) is 62.4 Å². The minimum atomic E-state index is 0.610. The van der Waals surface area contributed by atoms with Crippen molar-refractivity contribution in [1.82, 2.24) is 10.2 Å². The zero-order valence-corrected chi connectivity index (χ0v) is 14.5. The van der Waals surface area contributed by atoms with Crippen molar-refractivity contribution >= 4 is 0 Å². The topological polar surface area (TPSA) is 15.3 Å². The number of nitrogens with zero attached hydrogens (tertiary/aromatic N) is 1. The third-order valence-corrected chi connectivity index (χ3v) is 3.99. The molecule has 2 heteroatoms. The quantitative estimate of drug-likeness (QED) is 0.600. The summed E-state index contributed by atoms with van der Waals surface area (Å²) in [6.07, 6.45) is 8.15. The SMILES string of the molecule is CCCCCCCC(C)NCc1ccccc1CN(C)C. The first-order valence-electron chi connectivity index (χ1n) is 8.58. The zero-order valence-electron chi connectivity index (χ0n) is 14.5. The lowest BCUT2D eigenvalue weighted by molar-refractivity contribution is 0.399. The molecule has 0 aliphatic carbocycles. The van der Waals surface area contributed by atoms with E-state index >= 15 is 0 Å². The highest BCUT2D eigenvalue weighted by atomic mass is 15.0. The fourth-order valence-electron chi connectivity index (χ4n) is 2.67. The minimum absolute atomic E-state index is 0.610. The van der Waals surface area contributed by atoms with E-state index in [0.29, 0.717) is 6.04 Å². The van der Waals surface area contributed by atoms with Gasteiger partial charge in [-0.05, 0) is 38.6 Å². The molecular formula is C19H34N2. The fourth-order valence-corrected chi connectivity index (χ4v) is 2.67. The first-order chi connectivity index (χ1) is 10.1. The van der Waals surface area contributed by atoms with Crippen LogP contribution in [0.2, 0.25) is 0 Å². The smallest absolute Gasteiger partial charge is 0.0230 e. The number of unbranched alkanes of at least 4 members (excludes halogenated alkanes) is 4. The van der Waals surface area contributed by atoms with Gasteiger partial charge in [0.05, 0.1) is 0 Å². The van der Waals surface area contributed by atoms with Crippen LogP contribution in [-0.2, 0) is 13.1 Å². The van der Waals surface area contributed by atoms with Crippen LogP contribution in [0.5, 0.6) is 0 Å². The molecule has 0 spiro atoms. The standard InChI is InChI=1S/C19H34N2/c1-5-6-7-8-9-12-17(2)20-15-18-13-10-11-14-19(18)16-21(3)4/h10-11,13-14,17,20H,5-9,12,15-16H2,1-4H3. The van der Waals surface area contributed by atoms with Gasteiger partial charge in [0.1, 0.15) is 0 Å². The van der Waals surface area contributed by atoms with Gasteiger partial charge in [0, 0.05) is 19.1 Å². The maximum absolute atomic E-state index is 3.68. The average Bonchev–Trinajstić information content (AvgIpc) is 2.45. The highest BCUT2D eigenvalue weighted by molar-refractivity contribution is 5.26. The molecule has 0 bridgehead atoms. The highest BCUT2D eigenvalue weighted by Gasteiger charge is 2.05. The Balaban J connectivity index is 2.30. The Morgan fingerprint density at radius 1 is 1.00 bits per heavy atom. The van der Waals surface area contributed by atoms with Crippen LogP contribution >= 0.6 is 0 Å². The first-order valence-corrected chi connectivity index (χ1v) is 8.58. The van der Waals surface area contributed by atoms with Gasteiger partial charge in [-0.15, -0.1) is 0 Å². The van der Waals surface area contributed by atoms with Gasteiger partial charge in [-0.25, -0.2) is 0 Å². The molecule has 1 aromatic carbocycles. The summed E-state index contributed by atoms with van der Waals surface area (Å²) in [4.78, 5) is 2.23. The molecular weight excluding hydrogens is 256 g/mol. The lowest BCUT2D eigenvalue weighted by Gasteiger charge is -2.17. The predicted octanol–water partition coefficient (Wildman–Crippen LogP) is 4.59. The molecule has 0 aliphatic heterocycles. The fraction of sp³-hybridized carbons (Fsp3) is 0.684. The van der Waals surface area contributed by atoms with Crippen LogP contribution < -0.4 is 5.32 Å². The summed E-state index contributed by atoms with van der Waals surface area (Å²) >= 11 is 0. The van der Waals surface area contributed by atoms with Gasteiger partial charge in [-0.1, -0.05) is 63.3 Å². The summed E-state index contributed by atoms with van der Waals surface area (Å²) in [5.41, 5.74) is 2.87. The molecule has 1 unspecified atom stereocenters. The molecule has 0 saturated carbocycles. The summed E-state index contributed by atoms with van der Waals surface area (Å²) in [7, 11) is 4.26. The van der Waals surface area contributed by atoms with Crippen LogP contribution in [0.15, 0.2) is 24.3 Å². The van der Waals surface area contributed by atoms with E-state index in [1.165, 1.54) is 49.7 Å². The highest BCUT2D eigenvalue weighted by Crippen LogP contribution is 2.12. The van der Waals surface area contributed by atoms with Crippen LogP contribution in [0.4, 0.5) is 0 Å². The van der Waals surface area contributed by atoms with Crippen LogP contribution in [0.3, 0.4) is 0 Å². The second-order valence-electron chi connectivity index (χ2n) is 6.49. The predicted molar refractivity (Wildman–Crippen MR) is 93.5 cm³/mol. The molecule has 0 saturated heterocycles. The summed E-state index contributed by atoms with van der Waals surface area (Å²) in [6, 6.07) is 9.39. The van der Waals surface area contributed by atoms with Crippen LogP contribution in [0.25, 0.3) is 0 Å². The molecule has 0 amide bonds. The van der Waals surface area contributed by atoms with Gasteiger partial charge in [-0.2, -0.15) is 0 Å². The minimum Gasteiger partial charge on any atom is -0.310 e. The van der Waals surface area contributed by atoms with Gasteiger partial charge >= 0.3 is 0 Å². The van der Waals surface area contributed by atoms with Crippen LogP contribution in [0.1, 0.15) is 63.5 Å². The van der Waals surface area contributed by atoms with Crippen LogP contribution in [0, 0.1) is 0 Å². The van der Waals surface area contributed by atoms with Crippen LogP contribution in [-0.4, -0.2) is 25.0 Å². The Bertz CT molecular complexity index is 374. The molecule has 1 atom stereocenters. The van der Waals surface area contributed by atoms with Crippen molar-refractivity contribution in [3.63, 3.8) is 0 Å². The number of rotatable bonds is 11. The normalized spacial score (nSPS) is 12.8. The molecule has 120 valence electrons. The second-order valence-corrected chi connectivity index (χ2v) is 6.49. The lowest BCUT2D eigenvalue weighted by Crippen LogP contribution is -2.26. The molecule has 2 nitrogen and oxygen atoms in total. The summed E-state index contributed by atoms with van der Waals surface area (Å²) in [5, 5.41) is 3.68. The van der Waals surface area contributed by atoms with E-state index in [1.807, 2.05) is 0 Å². The Morgan fingerprint density at radius 2 is 1.67 bits per heavy atom. The van der Waals surface area contributed by atoms with Crippen molar-refractivity contribution in [2.24, 2.45) is 0 Å². The first kappa shape index (κ1) is 18.2. The summed E-state index contributed by atoms with van der Waals surface area (Å²) in [5.74, 6) is 0. The maximum atomic E-state index is 3.68. The number of hydrogen-bond acceptors (Lipinski definition) is 2. The Morgan fingerprint density at radius 3 is 2.33 bits per heavy atom. The van der Waals surface area contributed by atoms with Crippen molar-refractivity contribution in [2.75, 3.05) is 14.1 Å². The molecule has 0 fully saturated rings. The van der Waals surface area contributed by atoms with Gasteiger partial charge in [0.2, 0.25) is 0 Å². The third kappa shape index (κ3) is 8.23. The summed E-state index contributed by atoms with van der Waals surface area (Å²) in [6.45, 7) is 6.59. The monoisotopic (exact) mass is 290 g/mol. The van der Waals surface area contributed by atoms with E-state index in [1.54, 1.807) is 0 Å². The van der Waals surface area contributed by atoms with E-state index in [4.69, 9.17) is 0 Å². The van der Waals surface area contributed by atoms with Gasteiger partial charge < -0.3 is 10.2 Å². The van der Waals surface area contributed by atoms with Crippen molar-refractivity contribution in [2.45, 2.75) is 71.5 Å². The molecule has 0 aromatic heterocycles. The molecule has 0 aliphatic rings. The van der Waals surface area contributed by atoms with Gasteiger partial charge in [0.15, 0.2) is 0 Å². The Kier molecular flexibility index (Phi) is 9.36. The van der Waals surface area contributed by atoms with Gasteiger partial charge in [0.25, 0.3) is 0 Å². The van der Waals surface area contributed by atoms with E-state index in [-0.39, 0.29) is 0 Å². The lowest BCUT2D eigenvalue weighted by atomic mass is 10.1. The van der Waals surface area contributed by atoms with E-state index in [0.717, 1.165) is 13.1 Å². The molecule has 0 heterocycles. The molecule has 1 N–H and O–H groups in total. The van der Waals surface area contributed by atoms with Gasteiger partial charge in [-0.3, -0.25) is 0 Å². The average molecular weight is 290 g/mol. The number of nitrogens with one attached hydrogen (secondary N) is 1. The molecule has 1 aromatic rings. The Labute approximate surface area is 131 Å². The van der Waals surface area contributed by atoms with E-state index < -0.39 is 0 Å². The Hall–Kier alpha value is -0.860. The summed E-state index contributed by atoms with van der Waals surface area (Å²) < 4.78 is 0. The van der Waals surface area contributed by atoms with E-state index in [9.17, 15) is 0 Å². The second kappa shape index (κ2) is 10.8. The third-order valence-electron chi connectivity index (χ3n) is 3.99. The molecule has 1 rings (SSSR count). The molecule has 21 heavy (non-hydrogen) atoms. The largest absolute Gasteiger partial charge is 0.310 e. The van der Waals surface area contributed by atoms with Crippen molar-refractivity contribution in [3.05, 3.63) is 35.4 Å². The number of benzene rings is 1. The number of hydrogen-bond donors (Lipinski definition) is 1. The molecule has 0 radical (unpaired) electrons. The zero-order chi connectivity index (χ0) is 15.5. The van der Waals surface area contributed by atoms with Crippen molar-refractivity contribution in [1.29, 1.82) is 0 Å². The maximum Gasteiger partial charge on any atom is 0.0230 e. The van der Waals surface area contributed by atoms with Crippen molar-refractivity contribution in [3.8, 4) is 0 Å².